The quantitative estimate of drug-likeness (QED) is 0.511. The standard InChI is InChI=1S/C23H18N2O4/c1-28-18-11-12-21-19(13-18)20(26)14-22(29-21)15-7-9-17(10-8-15)25-23(27)24-16-5-3-2-4-6-16/h2-14H,1H3,(H2,24,25,27). The lowest BCUT2D eigenvalue weighted by Gasteiger charge is -2.09. The third-order valence-electron chi connectivity index (χ3n) is 4.39. The summed E-state index contributed by atoms with van der Waals surface area (Å²) in [6, 6.07) is 22.5. The lowest BCUT2D eigenvalue weighted by atomic mass is 10.1. The Kier molecular flexibility index (Phi) is 4.99. The van der Waals surface area contributed by atoms with Crippen molar-refractivity contribution in [3.8, 4) is 17.1 Å². The summed E-state index contributed by atoms with van der Waals surface area (Å²) in [5.41, 5.74) is 2.39. The number of ether oxygens (including phenoxy) is 1. The number of nitrogens with one attached hydrogen (secondary N) is 2. The highest BCUT2D eigenvalue weighted by Crippen LogP contribution is 2.25. The molecule has 2 N–H and O–H groups in total. The van der Waals surface area contributed by atoms with Crippen LogP contribution in [0.5, 0.6) is 5.75 Å². The van der Waals surface area contributed by atoms with Crippen LogP contribution in [0.4, 0.5) is 16.2 Å². The van der Waals surface area contributed by atoms with E-state index in [1.54, 1.807) is 61.7 Å². The highest BCUT2D eigenvalue weighted by molar-refractivity contribution is 5.99. The Balaban J connectivity index is 1.53. The van der Waals surface area contributed by atoms with Gasteiger partial charge in [0.25, 0.3) is 0 Å². The van der Waals surface area contributed by atoms with Crippen molar-refractivity contribution in [2.45, 2.75) is 0 Å². The van der Waals surface area contributed by atoms with Gasteiger partial charge in [0, 0.05) is 23.0 Å². The largest absolute Gasteiger partial charge is 0.497 e. The van der Waals surface area contributed by atoms with E-state index in [9.17, 15) is 9.59 Å². The molecule has 0 atom stereocenters. The number of benzene rings is 3. The van der Waals surface area contributed by atoms with Crippen molar-refractivity contribution in [2.75, 3.05) is 17.7 Å². The number of carbonyl (C=O) groups excluding carboxylic acids is 1. The van der Waals surface area contributed by atoms with E-state index in [1.807, 2.05) is 18.2 Å². The Hall–Kier alpha value is -4.06. The number of fused-ring (bicyclic) bond motifs is 1. The van der Waals surface area contributed by atoms with E-state index in [4.69, 9.17) is 9.15 Å². The van der Waals surface area contributed by atoms with Gasteiger partial charge < -0.3 is 19.8 Å². The van der Waals surface area contributed by atoms with E-state index >= 15 is 0 Å². The molecule has 0 saturated heterocycles. The molecule has 3 aromatic carbocycles. The molecule has 1 aromatic heterocycles. The van der Waals surface area contributed by atoms with Crippen LogP contribution in [0.25, 0.3) is 22.3 Å². The first kappa shape index (κ1) is 18.3. The zero-order chi connectivity index (χ0) is 20.2. The number of carbonyl (C=O) groups is 1. The molecule has 6 heteroatoms. The topological polar surface area (TPSA) is 80.6 Å². The Morgan fingerprint density at radius 1 is 0.862 bits per heavy atom. The normalized spacial score (nSPS) is 10.5. The number of methoxy groups -OCH3 is 1. The van der Waals surface area contributed by atoms with Gasteiger partial charge in [0.2, 0.25) is 0 Å². The van der Waals surface area contributed by atoms with Gasteiger partial charge in [-0.15, -0.1) is 0 Å². The fourth-order valence-corrected chi connectivity index (χ4v) is 2.94. The van der Waals surface area contributed by atoms with Crippen LogP contribution >= 0.6 is 0 Å². The lowest BCUT2D eigenvalue weighted by Crippen LogP contribution is -2.19. The third kappa shape index (κ3) is 4.11. The van der Waals surface area contributed by atoms with Crippen LogP contribution in [0.2, 0.25) is 0 Å². The number of rotatable bonds is 4. The lowest BCUT2D eigenvalue weighted by molar-refractivity contribution is 0.262. The van der Waals surface area contributed by atoms with Crippen LogP contribution in [-0.2, 0) is 0 Å². The maximum atomic E-state index is 12.4. The molecule has 0 fully saturated rings. The molecule has 0 aliphatic rings. The Bertz CT molecular complexity index is 1220. The molecule has 2 amide bonds. The summed E-state index contributed by atoms with van der Waals surface area (Å²) in [5, 5.41) is 5.98. The Morgan fingerprint density at radius 3 is 2.24 bits per heavy atom. The summed E-state index contributed by atoms with van der Waals surface area (Å²) in [7, 11) is 1.55. The molecule has 4 rings (SSSR count). The highest BCUT2D eigenvalue weighted by atomic mass is 16.5. The summed E-state index contributed by atoms with van der Waals surface area (Å²) in [6.45, 7) is 0. The van der Waals surface area contributed by atoms with Crippen molar-refractivity contribution in [2.24, 2.45) is 0 Å². The molecule has 0 saturated carbocycles. The fourth-order valence-electron chi connectivity index (χ4n) is 2.94. The van der Waals surface area contributed by atoms with Gasteiger partial charge in [0.1, 0.15) is 17.1 Å². The van der Waals surface area contributed by atoms with E-state index in [1.165, 1.54) is 6.07 Å². The van der Waals surface area contributed by atoms with Crippen molar-refractivity contribution >= 4 is 28.4 Å². The SMILES string of the molecule is COc1ccc2oc(-c3ccc(NC(=O)Nc4ccccc4)cc3)cc(=O)c2c1. The van der Waals surface area contributed by atoms with Crippen LogP contribution < -0.4 is 20.8 Å². The molecule has 29 heavy (non-hydrogen) atoms. The van der Waals surface area contributed by atoms with Crippen LogP contribution in [0.1, 0.15) is 0 Å². The second-order valence-electron chi connectivity index (χ2n) is 6.36. The zero-order valence-corrected chi connectivity index (χ0v) is 15.6. The van der Waals surface area contributed by atoms with Gasteiger partial charge in [-0.25, -0.2) is 4.79 Å². The third-order valence-corrected chi connectivity index (χ3v) is 4.39. The number of anilines is 2. The number of hydrogen-bond donors (Lipinski definition) is 2. The number of hydrogen-bond acceptors (Lipinski definition) is 4. The zero-order valence-electron chi connectivity index (χ0n) is 15.6. The van der Waals surface area contributed by atoms with Gasteiger partial charge in [-0.3, -0.25) is 4.79 Å². The summed E-state index contributed by atoms with van der Waals surface area (Å²) in [6.07, 6.45) is 0. The minimum atomic E-state index is -0.338. The molecule has 0 radical (unpaired) electrons. The molecule has 4 aromatic rings. The maximum Gasteiger partial charge on any atom is 0.323 e. The predicted octanol–water partition coefficient (Wildman–Crippen LogP) is 5.11. The minimum absolute atomic E-state index is 0.149. The Morgan fingerprint density at radius 2 is 1.55 bits per heavy atom. The molecule has 0 aliphatic heterocycles. The second-order valence-corrected chi connectivity index (χ2v) is 6.36. The number of para-hydroxylation sites is 1. The smallest absolute Gasteiger partial charge is 0.323 e. The summed E-state index contributed by atoms with van der Waals surface area (Å²) >= 11 is 0. The van der Waals surface area contributed by atoms with E-state index in [-0.39, 0.29) is 11.5 Å². The van der Waals surface area contributed by atoms with Crippen molar-refractivity contribution in [3.63, 3.8) is 0 Å². The van der Waals surface area contributed by atoms with Crippen molar-refractivity contribution in [3.05, 3.63) is 89.1 Å². The van der Waals surface area contributed by atoms with Crippen molar-refractivity contribution < 1.29 is 13.9 Å². The highest BCUT2D eigenvalue weighted by Gasteiger charge is 2.09. The number of urea groups is 1. The predicted molar refractivity (Wildman–Crippen MR) is 114 cm³/mol. The maximum absolute atomic E-state index is 12.4. The van der Waals surface area contributed by atoms with Crippen molar-refractivity contribution in [1.82, 2.24) is 0 Å². The molecular weight excluding hydrogens is 368 g/mol. The average molecular weight is 386 g/mol. The van der Waals surface area contributed by atoms with Gasteiger partial charge in [-0.05, 0) is 54.6 Å². The summed E-state index contributed by atoms with van der Waals surface area (Å²) in [4.78, 5) is 24.5. The molecule has 0 bridgehead atoms. The molecule has 1 heterocycles. The van der Waals surface area contributed by atoms with E-state index in [0.717, 1.165) is 5.56 Å². The first-order chi connectivity index (χ1) is 14.1. The van der Waals surface area contributed by atoms with Crippen molar-refractivity contribution in [1.29, 1.82) is 0 Å². The minimum Gasteiger partial charge on any atom is -0.497 e. The Labute approximate surface area is 166 Å². The molecular formula is C23H18N2O4. The van der Waals surface area contributed by atoms with E-state index in [2.05, 4.69) is 10.6 Å². The van der Waals surface area contributed by atoms with Gasteiger partial charge in [0.05, 0.1) is 12.5 Å². The first-order valence-electron chi connectivity index (χ1n) is 8.98. The van der Waals surface area contributed by atoms with Gasteiger partial charge in [0.15, 0.2) is 5.43 Å². The molecule has 144 valence electrons. The average Bonchev–Trinajstić information content (AvgIpc) is 2.74. The van der Waals surface area contributed by atoms with E-state index in [0.29, 0.717) is 33.9 Å². The molecule has 0 aliphatic carbocycles. The van der Waals surface area contributed by atoms with Gasteiger partial charge >= 0.3 is 6.03 Å². The van der Waals surface area contributed by atoms with Gasteiger partial charge in [-0.1, -0.05) is 18.2 Å². The van der Waals surface area contributed by atoms with Crippen LogP contribution in [-0.4, -0.2) is 13.1 Å². The number of amides is 2. The van der Waals surface area contributed by atoms with Crippen LogP contribution in [0.3, 0.4) is 0 Å². The van der Waals surface area contributed by atoms with Crippen LogP contribution in [0, 0.1) is 0 Å². The molecule has 0 spiro atoms. The summed E-state index contributed by atoms with van der Waals surface area (Å²) < 4.78 is 11.0. The molecule has 6 nitrogen and oxygen atoms in total. The fraction of sp³-hybridized carbons (Fsp3) is 0.0435. The first-order valence-corrected chi connectivity index (χ1v) is 8.98. The molecule has 0 unspecified atom stereocenters. The second kappa shape index (κ2) is 7.90. The monoisotopic (exact) mass is 386 g/mol. The van der Waals surface area contributed by atoms with Crippen LogP contribution in [0.15, 0.2) is 88.1 Å². The van der Waals surface area contributed by atoms with E-state index < -0.39 is 0 Å². The summed E-state index contributed by atoms with van der Waals surface area (Å²) in [5.74, 6) is 1.05. The van der Waals surface area contributed by atoms with Gasteiger partial charge in [-0.2, -0.15) is 0 Å².